The maximum absolute atomic E-state index is 11.9. The van der Waals surface area contributed by atoms with Crippen LogP contribution in [0.3, 0.4) is 0 Å². The number of rotatable bonds is 2. The molecule has 1 aromatic rings. The van der Waals surface area contributed by atoms with Gasteiger partial charge in [0.25, 0.3) is 0 Å². The van der Waals surface area contributed by atoms with Gasteiger partial charge in [0.1, 0.15) is 5.75 Å². The number of hydrogen-bond acceptors (Lipinski definition) is 3. The molecule has 4 rings (SSSR count). The van der Waals surface area contributed by atoms with E-state index in [0.717, 1.165) is 25.0 Å². The molecule has 1 saturated heterocycles. The zero-order chi connectivity index (χ0) is 17.1. The quantitative estimate of drug-likeness (QED) is 0.874. The SMILES string of the molecule is CC(=O)N[C@H]1C(C)(C)[C@@H]2C[C@@H]3[C@@H](c4cccc(O)c4)OCCC31C2. The number of carbonyl (C=O) groups is 1. The molecule has 3 aliphatic rings. The molecule has 2 saturated carbocycles. The summed E-state index contributed by atoms with van der Waals surface area (Å²) in [5, 5.41) is 13.1. The van der Waals surface area contributed by atoms with Crippen LogP contribution in [0.4, 0.5) is 0 Å². The molecular formula is C20H27NO3. The van der Waals surface area contributed by atoms with Gasteiger partial charge in [-0.15, -0.1) is 0 Å². The van der Waals surface area contributed by atoms with E-state index in [4.69, 9.17) is 4.74 Å². The lowest BCUT2D eigenvalue weighted by atomic mass is 9.59. The van der Waals surface area contributed by atoms with Gasteiger partial charge in [-0.05, 0) is 59.6 Å². The second kappa shape index (κ2) is 5.22. The highest BCUT2D eigenvalue weighted by Gasteiger charge is 2.68. The number of fused-ring (bicyclic) bond motifs is 1. The molecule has 1 amide bonds. The minimum absolute atomic E-state index is 0.0169. The van der Waals surface area contributed by atoms with E-state index in [1.807, 2.05) is 18.2 Å². The molecule has 1 heterocycles. The molecule has 4 heteroatoms. The lowest BCUT2D eigenvalue weighted by Gasteiger charge is -2.53. The Kier molecular flexibility index (Phi) is 3.47. The predicted octanol–water partition coefficient (Wildman–Crippen LogP) is 3.41. The Balaban J connectivity index is 1.72. The van der Waals surface area contributed by atoms with Crippen molar-refractivity contribution in [3.05, 3.63) is 29.8 Å². The van der Waals surface area contributed by atoms with Crippen molar-refractivity contribution in [2.75, 3.05) is 6.61 Å². The van der Waals surface area contributed by atoms with Gasteiger partial charge in [-0.3, -0.25) is 4.79 Å². The van der Waals surface area contributed by atoms with E-state index < -0.39 is 0 Å². The summed E-state index contributed by atoms with van der Waals surface area (Å²) in [6.45, 7) is 6.96. The maximum atomic E-state index is 11.9. The Morgan fingerprint density at radius 2 is 2.17 bits per heavy atom. The predicted molar refractivity (Wildman–Crippen MR) is 91.4 cm³/mol. The Morgan fingerprint density at radius 3 is 2.88 bits per heavy atom. The summed E-state index contributed by atoms with van der Waals surface area (Å²) in [6, 6.07) is 7.67. The summed E-state index contributed by atoms with van der Waals surface area (Å²) < 4.78 is 6.18. The molecule has 2 N–H and O–H groups in total. The van der Waals surface area contributed by atoms with Gasteiger partial charge in [0.2, 0.25) is 5.91 Å². The minimum Gasteiger partial charge on any atom is -0.508 e. The van der Waals surface area contributed by atoms with E-state index in [2.05, 4.69) is 19.2 Å². The summed E-state index contributed by atoms with van der Waals surface area (Å²) in [5.41, 5.74) is 1.31. The van der Waals surface area contributed by atoms with Crippen LogP contribution in [0, 0.1) is 22.7 Å². The highest BCUT2D eigenvalue weighted by Crippen LogP contribution is 2.70. The standard InChI is InChI=1S/C20H27NO3/c1-12(22)21-18-19(2,3)14-10-16-17(13-5-4-6-15(23)9-13)24-8-7-20(16,18)11-14/h4-6,9,14,16-18,23H,7-8,10-11H2,1-3H3,(H,21,22)/t14-,16-,17-,18+,20?/m1/s1. The van der Waals surface area contributed by atoms with Crippen molar-refractivity contribution in [2.24, 2.45) is 22.7 Å². The van der Waals surface area contributed by atoms with Gasteiger partial charge in [-0.25, -0.2) is 0 Å². The smallest absolute Gasteiger partial charge is 0.217 e. The zero-order valence-corrected chi connectivity index (χ0v) is 14.7. The molecule has 0 aromatic heterocycles. The summed E-state index contributed by atoms with van der Waals surface area (Å²) in [5.74, 6) is 1.37. The van der Waals surface area contributed by atoms with Crippen LogP contribution in [0.15, 0.2) is 24.3 Å². The first-order chi connectivity index (χ1) is 11.3. The number of benzene rings is 1. The molecule has 2 aliphatic carbocycles. The number of phenolic OH excluding ortho intramolecular Hbond substituents is 1. The molecule has 130 valence electrons. The van der Waals surface area contributed by atoms with E-state index >= 15 is 0 Å². The third-order valence-electron chi connectivity index (χ3n) is 7.05. The highest BCUT2D eigenvalue weighted by atomic mass is 16.5. The van der Waals surface area contributed by atoms with Crippen molar-refractivity contribution in [1.29, 1.82) is 0 Å². The maximum Gasteiger partial charge on any atom is 0.217 e. The first kappa shape index (κ1) is 15.9. The second-order valence-electron chi connectivity index (χ2n) is 8.57. The van der Waals surface area contributed by atoms with E-state index in [9.17, 15) is 9.90 Å². The number of nitrogens with one attached hydrogen (secondary N) is 1. The van der Waals surface area contributed by atoms with Crippen molar-refractivity contribution in [2.45, 2.75) is 52.2 Å². The molecule has 1 spiro atoms. The molecule has 4 nitrogen and oxygen atoms in total. The Morgan fingerprint density at radius 1 is 1.38 bits per heavy atom. The number of amides is 1. The number of carbonyl (C=O) groups excluding carboxylic acids is 1. The monoisotopic (exact) mass is 329 g/mol. The molecule has 2 bridgehead atoms. The van der Waals surface area contributed by atoms with Crippen molar-refractivity contribution in [3.63, 3.8) is 0 Å². The van der Waals surface area contributed by atoms with Crippen molar-refractivity contribution in [3.8, 4) is 5.75 Å². The van der Waals surface area contributed by atoms with Crippen molar-refractivity contribution >= 4 is 5.91 Å². The van der Waals surface area contributed by atoms with Crippen LogP contribution >= 0.6 is 0 Å². The fourth-order valence-electron chi connectivity index (χ4n) is 6.02. The van der Waals surface area contributed by atoms with Crippen LogP contribution in [0.25, 0.3) is 0 Å². The van der Waals surface area contributed by atoms with Crippen LogP contribution in [0.2, 0.25) is 0 Å². The third kappa shape index (κ3) is 2.12. The number of phenols is 1. The normalized spacial score (nSPS) is 39.5. The zero-order valence-electron chi connectivity index (χ0n) is 14.7. The molecule has 1 unspecified atom stereocenters. The van der Waals surface area contributed by atoms with Crippen molar-refractivity contribution in [1.82, 2.24) is 5.32 Å². The van der Waals surface area contributed by atoms with Gasteiger partial charge in [0.05, 0.1) is 6.10 Å². The molecule has 5 atom stereocenters. The Labute approximate surface area is 143 Å². The third-order valence-corrected chi connectivity index (χ3v) is 7.05. The lowest BCUT2D eigenvalue weighted by Crippen LogP contribution is -2.58. The average molecular weight is 329 g/mol. The molecule has 1 aliphatic heterocycles. The fraction of sp³-hybridized carbons (Fsp3) is 0.650. The van der Waals surface area contributed by atoms with Crippen LogP contribution in [-0.2, 0) is 9.53 Å². The topological polar surface area (TPSA) is 58.6 Å². The van der Waals surface area contributed by atoms with E-state index in [1.165, 1.54) is 6.42 Å². The fourth-order valence-corrected chi connectivity index (χ4v) is 6.02. The van der Waals surface area contributed by atoms with Gasteiger partial charge in [0, 0.05) is 19.6 Å². The summed E-state index contributed by atoms with van der Waals surface area (Å²) in [6.07, 6.45) is 3.35. The van der Waals surface area contributed by atoms with Gasteiger partial charge in [-0.1, -0.05) is 26.0 Å². The molecule has 1 aromatic carbocycles. The highest BCUT2D eigenvalue weighted by molar-refractivity contribution is 5.73. The first-order valence-electron chi connectivity index (χ1n) is 9.02. The molecule has 3 fully saturated rings. The second-order valence-corrected chi connectivity index (χ2v) is 8.57. The molecular weight excluding hydrogens is 302 g/mol. The molecule has 0 radical (unpaired) electrons. The summed E-state index contributed by atoms with van der Waals surface area (Å²) in [7, 11) is 0. The Bertz CT molecular complexity index is 671. The largest absolute Gasteiger partial charge is 0.508 e. The van der Waals surface area contributed by atoms with Gasteiger partial charge >= 0.3 is 0 Å². The van der Waals surface area contributed by atoms with Crippen LogP contribution in [-0.4, -0.2) is 23.7 Å². The van der Waals surface area contributed by atoms with Gasteiger partial charge < -0.3 is 15.2 Å². The number of ether oxygens (including phenoxy) is 1. The minimum atomic E-state index is 0.0169. The number of aromatic hydroxyl groups is 1. The average Bonchev–Trinajstić information content (AvgIpc) is 3.00. The van der Waals surface area contributed by atoms with Crippen molar-refractivity contribution < 1.29 is 14.6 Å². The Hall–Kier alpha value is -1.55. The van der Waals surface area contributed by atoms with E-state index in [-0.39, 0.29) is 34.6 Å². The first-order valence-corrected chi connectivity index (χ1v) is 9.02. The number of hydrogen-bond donors (Lipinski definition) is 2. The lowest BCUT2D eigenvalue weighted by molar-refractivity contribution is -0.136. The summed E-state index contributed by atoms with van der Waals surface area (Å²) in [4.78, 5) is 11.9. The van der Waals surface area contributed by atoms with Crippen LogP contribution < -0.4 is 5.32 Å². The van der Waals surface area contributed by atoms with Crippen LogP contribution in [0.5, 0.6) is 5.75 Å². The van der Waals surface area contributed by atoms with Gasteiger partial charge in [0.15, 0.2) is 0 Å². The van der Waals surface area contributed by atoms with E-state index in [0.29, 0.717) is 11.8 Å². The van der Waals surface area contributed by atoms with Crippen LogP contribution in [0.1, 0.15) is 51.7 Å². The van der Waals surface area contributed by atoms with Gasteiger partial charge in [-0.2, -0.15) is 0 Å². The molecule has 24 heavy (non-hydrogen) atoms. The van der Waals surface area contributed by atoms with E-state index in [1.54, 1.807) is 13.0 Å². The summed E-state index contributed by atoms with van der Waals surface area (Å²) >= 11 is 0.